The van der Waals surface area contributed by atoms with Gasteiger partial charge in [-0.15, -0.1) is 0 Å². The Balaban J connectivity index is 1.77. The van der Waals surface area contributed by atoms with Crippen LogP contribution in [-0.4, -0.2) is 39.4 Å². The molecule has 3 aliphatic rings. The number of hydrogen-bond acceptors (Lipinski definition) is 4. The number of allylic oxidation sites excluding steroid dienone is 1. The lowest BCUT2D eigenvalue weighted by molar-refractivity contribution is -0.119. The van der Waals surface area contributed by atoms with Crippen LogP contribution in [0.2, 0.25) is 0 Å². The highest BCUT2D eigenvalue weighted by molar-refractivity contribution is 6.69. The third-order valence-corrected chi connectivity index (χ3v) is 5.05. The number of benzene rings is 1. The number of rotatable bonds is 1. The van der Waals surface area contributed by atoms with Gasteiger partial charge in [-0.05, 0) is 24.6 Å². The van der Waals surface area contributed by atoms with Crippen LogP contribution in [0.1, 0.15) is 27.1 Å². The van der Waals surface area contributed by atoms with Crippen molar-refractivity contribution in [2.24, 2.45) is 5.92 Å². The number of halogens is 3. The van der Waals surface area contributed by atoms with Crippen molar-refractivity contribution in [2.75, 3.05) is 6.61 Å². The van der Waals surface area contributed by atoms with Crippen molar-refractivity contribution >= 4 is 46.6 Å². The second kappa shape index (κ2) is 5.63. The summed E-state index contributed by atoms with van der Waals surface area (Å²) in [5, 5.41) is 0. The number of imide groups is 1. The van der Waals surface area contributed by atoms with E-state index in [0.717, 1.165) is 0 Å². The van der Waals surface area contributed by atoms with Crippen LogP contribution in [-0.2, 0) is 9.47 Å². The van der Waals surface area contributed by atoms with Gasteiger partial charge in [0.05, 0.1) is 23.8 Å². The second-order valence-corrected chi connectivity index (χ2v) is 8.14. The van der Waals surface area contributed by atoms with E-state index in [0.29, 0.717) is 24.2 Å². The third-order valence-electron chi connectivity index (χ3n) is 4.49. The predicted octanol–water partition coefficient (Wildman–Crippen LogP) is 3.30. The number of nitrogens with zero attached hydrogens (tertiary/aromatic N) is 1. The molecule has 2 amide bonds. The molecule has 0 bridgehead atoms. The van der Waals surface area contributed by atoms with E-state index in [1.807, 2.05) is 0 Å². The summed E-state index contributed by atoms with van der Waals surface area (Å²) in [6.07, 6.45) is 1.55. The molecule has 24 heavy (non-hydrogen) atoms. The minimum absolute atomic E-state index is 0.0669. The Morgan fingerprint density at radius 3 is 2.29 bits per heavy atom. The summed E-state index contributed by atoms with van der Waals surface area (Å²) in [5.74, 6) is -0.832. The lowest BCUT2D eigenvalue weighted by atomic mass is 9.93. The number of alkyl halides is 3. The molecule has 0 unspecified atom stereocenters. The first-order chi connectivity index (χ1) is 11.4. The fraction of sp³-hybridized carbons (Fsp3) is 0.375. The van der Waals surface area contributed by atoms with Gasteiger partial charge in [-0.2, -0.15) is 0 Å². The Labute approximate surface area is 153 Å². The Morgan fingerprint density at radius 2 is 1.71 bits per heavy atom. The maximum absolute atomic E-state index is 12.7. The topological polar surface area (TPSA) is 55.8 Å². The van der Waals surface area contributed by atoms with E-state index in [4.69, 9.17) is 44.3 Å². The molecule has 126 valence electrons. The maximum Gasteiger partial charge on any atom is 0.262 e. The van der Waals surface area contributed by atoms with Crippen LogP contribution in [0.4, 0.5) is 0 Å². The molecule has 1 aromatic rings. The molecule has 3 aliphatic heterocycles. The van der Waals surface area contributed by atoms with E-state index in [9.17, 15) is 9.59 Å². The Morgan fingerprint density at radius 1 is 1.08 bits per heavy atom. The highest BCUT2D eigenvalue weighted by Gasteiger charge is 2.50. The zero-order chi connectivity index (χ0) is 17.1. The average Bonchev–Trinajstić information content (AvgIpc) is 3.10. The van der Waals surface area contributed by atoms with Gasteiger partial charge in [0, 0.05) is 5.92 Å². The van der Waals surface area contributed by atoms with Gasteiger partial charge >= 0.3 is 0 Å². The molecule has 1 saturated heterocycles. The highest BCUT2D eigenvalue weighted by atomic mass is 35.6. The van der Waals surface area contributed by atoms with Gasteiger partial charge in [0.25, 0.3) is 11.8 Å². The van der Waals surface area contributed by atoms with E-state index in [2.05, 4.69) is 0 Å². The molecule has 0 radical (unpaired) electrons. The fourth-order valence-electron chi connectivity index (χ4n) is 3.38. The molecule has 0 N–H and O–H groups in total. The summed E-state index contributed by atoms with van der Waals surface area (Å²) in [5.41, 5.74) is 0.765. The number of amides is 2. The summed E-state index contributed by atoms with van der Waals surface area (Å²) in [7, 11) is 0. The van der Waals surface area contributed by atoms with E-state index in [-0.39, 0.29) is 23.5 Å². The minimum atomic E-state index is -1.80. The van der Waals surface area contributed by atoms with Crippen LogP contribution in [0, 0.1) is 5.92 Å². The number of carbonyl (C=O) groups is 2. The first kappa shape index (κ1) is 16.2. The molecule has 5 nitrogen and oxygen atoms in total. The van der Waals surface area contributed by atoms with E-state index >= 15 is 0 Å². The van der Waals surface area contributed by atoms with Crippen molar-refractivity contribution in [3.05, 3.63) is 47.2 Å². The van der Waals surface area contributed by atoms with E-state index in [1.54, 1.807) is 30.3 Å². The summed E-state index contributed by atoms with van der Waals surface area (Å²) in [6, 6.07) is 6.14. The van der Waals surface area contributed by atoms with Crippen molar-refractivity contribution in [1.29, 1.82) is 0 Å². The molecular weight excluding hydrogens is 377 g/mol. The largest absolute Gasteiger partial charge is 0.465 e. The number of carbonyl (C=O) groups excluding carboxylic acids is 2. The van der Waals surface area contributed by atoms with Crippen molar-refractivity contribution in [3.8, 4) is 0 Å². The van der Waals surface area contributed by atoms with Crippen LogP contribution >= 0.6 is 34.8 Å². The lowest BCUT2D eigenvalue weighted by Gasteiger charge is -2.37. The highest BCUT2D eigenvalue weighted by Crippen LogP contribution is 2.44. The van der Waals surface area contributed by atoms with E-state index < -0.39 is 16.1 Å². The molecule has 3 atom stereocenters. The third kappa shape index (κ3) is 2.42. The van der Waals surface area contributed by atoms with Crippen molar-refractivity contribution in [1.82, 2.24) is 4.90 Å². The smallest absolute Gasteiger partial charge is 0.262 e. The normalized spacial score (nSPS) is 29.2. The SMILES string of the molecule is O=C1c2ccccc2C(=O)N1[C@H]1C=C(C(Cl)(Cl)Cl)O[C@@H]2OCC[C@@H]21. The number of fused-ring (bicyclic) bond motifs is 2. The Bertz CT molecular complexity index is 723. The molecule has 0 aromatic heterocycles. The van der Waals surface area contributed by atoms with Gasteiger partial charge in [0.15, 0.2) is 0 Å². The summed E-state index contributed by atoms with van der Waals surface area (Å²) in [6.45, 7) is 0.454. The first-order valence-electron chi connectivity index (χ1n) is 7.42. The zero-order valence-electron chi connectivity index (χ0n) is 12.2. The zero-order valence-corrected chi connectivity index (χ0v) is 14.5. The summed E-state index contributed by atoms with van der Waals surface area (Å²) < 4.78 is 9.34. The predicted molar refractivity (Wildman–Crippen MR) is 88.0 cm³/mol. The molecule has 0 aliphatic carbocycles. The second-order valence-electron chi connectivity index (χ2n) is 5.85. The first-order valence-corrected chi connectivity index (χ1v) is 8.55. The van der Waals surface area contributed by atoms with Crippen LogP contribution in [0.3, 0.4) is 0 Å². The van der Waals surface area contributed by atoms with E-state index in [1.165, 1.54) is 4.90 Å². The van der Waals surface area contributed by atoms with Crippen LogP contribution < -0.4 is 0 Å². The molecule has 0 spiro atoms. The molecule has 4 rings (SSSR count). The molecule has 0 saturated carbocycles. The van der Waals surface area contributed by atoms with Crippen molar-refractivity contribution in [2.45, 2.75) is 22.5 Å². The quantitative estimate of drug-likeness (QED) is 0.547. The monoisotopic (exact) mass is 387 g/mol. The number of hydrogen-bond donors (Lipinski definition) is 0. The summed E-state index contributed by atoms with van der Waals surface area (Å²) in [4.78, 5) is 26.7. The standard InChI is InChI=1S/C16H12Cl3NO4/c17-16(18,19)12-7-11(10-5-6-23-15(10)24-12)20-13(21)8-3-1-2-4-9(8)14(20)22/h1-4,7,10-11,15H,5-6H2/t10-,11+,15+/m1/s1. The Hall–Kier alpha value is -1.27. The van der Waals surface area contributed by atoms with Gasteiger partial charge < -0.3 is 9.47 Å². The van der Waals surface area contributed by atoms with Gasteiger partial charge in [0.1, 0.15) is 5.76 Å². The minimum Gasteiger partial charge on any atom is -0.465 e. The van der Waals surface area contributed by atoms with Crippen LogP contribution in [0.25, 0.3) is 0 Å². The summed E-state index contributed by atoms with van der Waals surface area (Å²) >= 11 is 17.8. The van der Waals surface area contributed by atoms with Gasteiger partial charge in [-0.25, -0.2) is 0 Å². The maximum atomic E-state index is 12.7. The van der Waals surface area contributed by atoms with Crippen LogP contribution in [0.15, 0.2) is 36.1 Å². The van der Waals surface area contributed by atoms with Crippen molar-refractivity contribution in [3.63, 3.8) is 0 Å². The molecule has 1 aromatic carbocycles. The molecule has 1 fully saturated rings. The lowest BCUT2D eigenvalue weighted by Crippen LogP contribution is -2.49. The fourth-order valence-corrected chi connectivity index (χ4v) is 3.70. The Kier molecular flexibility index (Phi) is 3.80. The number of ether oxygens (including phenoxy) is 2. The van der Waals surface area contributed by atoms with Gasteiger partial charge in [0.2, 0.25) is 10.1 Å². The van der Waals surface area contributed by atoms with Crippen molar-refractivity contribution < 1.29 is 19.1 Å². The molecule has 8 heteroatoms. The van der Waals surface area contributed by atoms with Gasteiger partial charge in [-0.3, -0.25) is 14.5 Å². The van der Waals surface area contributed by atoms with Crippen LogP contribution in [0.5, 0.6) is 0 Å². The molecule has 3 heterocycles. The molecular formula is C16H12Cl3NO4. The average molecular weight is 389 g/mol. The van der Waals surface area contributed by atoms with Gasteiger partial charge in [-0.1, -0.05) is 46.9 Å².